The number of fused-ring (bicyclic) bond motifs is 1. The van der Waals surface area contributed by atoms with Crippen molar-refractivity contribution in [3.05, 3.63) is 92.9 Å². The van der Waals surface area contributed by atoms with E-state index in [1.54, 1.807) is 11.3 Å². The second-order valence-corrected chi connectivity index (χ2v) is 11.3. The van der Waals surface area contributed by atoms with Crippen LogP contribution in [0.15, 0.2) is 60.0 Å². The Morgan fingerprint density at radius 2 is 1.60 bits per heavy atom. The third kappa shape index (κ3) is 4.79. The normalized spacial score (nSPS) is 24.4. The van der Waals surface area contributed by atoms with E-state index in [2.05, 4.69) is 60.7 Å². The number of hydrogen-bond acceptors (Lipinski definition) is 4. The summed E-state index contributed by atoms with van der Waals surface area (Å²) in [5.41, 5.74) is 5.71. The third-order valence-corrected chi connectivity index (χ3v) is 9.35. The molecule has 1 saturated heterocycles. The van der Waals surface area contributed by atoms with Crippen LogP contribution in [0.4, 0.5) is 0 Å². The number of aromatic nitrogens is 1. The molecule has 1 saturated carbocycles. The fraction of sp³-hybridized carbons (Fsp3) is 0.419. The van der Waals surface area contributed by atoms with Crippen LogP contribution in [0, 0.1) is 11.8 Å². The largest absolute Gasteiger partial charge is 0.381 e. The van der Waals surface area contributed by atoms with E-state index in [4.69, 9.17) is 9.72 Å². The van der Waals surface area contributed by atoms with Crippen LogP contribution in [-0.2, 0) is 11.2 Å². The highest BCUT2D eigenvalue weighted by Gasteiger charge is 2.30. The molecule has 180 valence electrons. The summed E-state index contributed by atoms with van der Waals surface area (Å²) in [6, 6.07) is 17.1. The quantitative estimate of drug-likeness (QED) is 0.342. The number of Topliss-reactive ketones (excluding diaryl/α,β-unsaturated/α-hetero) is 1. The Balaban J connectivity index is 1.13. The maximum atomic E-state index is 13.3. The van der Waals surface area contributed by atoms with Gasteiger partial charge in [-0.15, -0.1) is 11.3 Å². The van der Waals surface area contributed by atoms with Gasteiger partial charge in [0.1, 0.15) is 10.7 Å². The molecule has 0 spiro atoms. The number of ether oxygens (including phenoxy) is 1. The Labute approximate surface area is 212 Å². The van der Waals surface area contributed by atoms with Crippen LogP contribution < -0.4 is 0 Å². The van der Waals surface area contributed by atoms with Gasteiger partial charge in [0.15, 0.2) is 5.78 Å². The Hall–Kier alpha value is -2.56. The summed E-state index contributed by atoms with van der Waals surface area (Å²) >= 11 is 1.60. The number of carbonyl (C=O) groups is 1. The third-order valence-electron chi connectivity index (χ3n) is 8.42. The Kier molecular flexibility index (Phi) is 6.67. The molecule has 1 aliphatic heterocycles. The van der Waals surface area contributed by atoms with Gasteiger partial charge < -0.3 is 4.74 Å². The topological polar surface area (TPSA) is 39.2 Å². The summed E-state index contributed by atoms with van der Waals surface area (Å²) in [7, 11) is 0. The molecular weight excluding hydrogens is 450 g/mol. The molecular formula is C31H33NO2S. The van der Waals surface area contributed by atoms with E-state index in [0.717, 1.165) is 30.1 Å². The minimum absolute atomic E-state index is 0.131. The van der Waals surface area contributed by atoms with Crippen LogP contribution in [0.5, 0.6) is 0 Å². The lowest BCUT2D eigenvalue weighted by molar-refractivity contribution is 0.0378. The predicted molar refractivity (Wildman–Crippen MR) is 142 cm³/mol. The van der Waals surface area contributed by atoms with Crippen molar-refractivity contribution in [3.8, 4) is 0 Å². The maximum absolute atomic E-state index is 13.3. The zero-order chi connectivity index (χ0) is 23.6. The highest BCUT2D eigenvalue weighted by molar-refractivity contribution is 7.10. The zero-order valence-electron chi connectivity index (χ0n) is 20.2. The molecule has 1 atom stereocenters. The number of hydrogen-bond donors (Lipinski definition) is 0. The van der Waals surface area contributed by atoms with Gasteiger partial charge in [0.05, 0.1) is 5.92 Å². The van der Waals surface area contributed by atoms with Crippen LogP contribution in [0.25, 0.3) is 6.08 Å². The SMILES string of the molecule is O=C(Cc1ccccc1C1CCC(C2CCOCC2)CC1)c1csc([C@H]2C=Cc3ccccc32)n1. The summed E-state index contributed by atoms with van der Waals surface area (Å²) < 4.78 is 5.58. The highest BCUT2D eigenvalue weighted by Crippen LogP contribution is 2.42. The van der Waals surface area contributed by atoms with E-state index in [0.29, 0.717) is 18.0 Å². The zero-order valence-corrected chi connectivity index (χ0v) is 21.0. The lowest BCUT2D eigenvalue weighted by Gasteiger charge is -2.36. The number of rotatable bonds is 6. The molecule has 3 aliphatic rings. The van der Waals surface area contributed by atoms with Crippen molar-refractivity contribution in [2.24, 2.45) is 11.8 Å². The Morgan fingerprint density at radius 1 is 0.886 bits per heavy atom. The van der Waals surface area contributed by atoms with Gasteiger partial charge in [-0.25, -0.2) is 4.98 Å². The highest BCUT2D eigenvalue weighted by atomic mass is 32.1. The Morgan fingerprint density at radius 3 is 2.43 bits per heavy atom. The first-order valence-corrected chi connectivity index (χ1v) is 14.1. The molecule has 2 aliphatic carbocycles. The molecule has 2 fully saturated rings. The number of benzene rings is 2. The fourth-order valence-electron chi connectivity index (χ4n) is 6.47. The summed E-state index contributed by atoms with van der Waals surface area (Å²) in [6.07, 6.45) is 12.4. The lowest BCUT2D eigenvalue weighted by atomic mass is 9.71. The molecule has 3 nitrogen and oxygen atoms in total. The summed E-state index contributed by atoms with van der Waals surface area (Å²) in [5.74, 6) is 2.57. The van der Waals surface area contributed by atoms with Crippen molar-refractivity contribution in [3.63, 3.8) is 0 Å². The van der Waals surface area contributed by atoms with Crippen LogP contribution in [0.2, 0.25) is 0 Å². The first-order valence-electron chi connectivity index (χ1n) is 13.2. The van der Waals surface area contributed by atoms with Gasteiger partial charge in [0, 0.05) is 25.0 Å². The second-order valence-electron chi connectivity index (χ2n) is 10.4. The van der Waals surface area contributed by atoms with Gasteiger partial charge in [-0.2, -0.15) is 0 Å². The first kappa shape index (κ1) is 22.9. The van der Waals surface area contributed by atoms with Crippen LogP contribution in [-0.4, -0.2) is 24.0 Å². The molecule has 2 aromatic carbocycles. The standard InChI is InChI=1S/C31H33NO2S/c33-30(29-20-35-31(32-29)28-14-13-23-5-1-4-8-27(23)28)19-25-6-2-3-7-26(25)24-11-9-21(10-12-24)22-15-17-34-18-16-22/h1-8,13-14,20-22,24,28H,9-12,15-19H2/t21?,24?,28-/m0/s1. The number of allylic oxidation sites excluding steroid dienone is 1. The molecule has 0 bridgehead atoms. The average Bonchev–Trinajstić information content (AvgIpc) is 3.57. The number of thiazole rings is 1. The van der Waals surface area contributed by atoms with Crippen molar-refractivity contribution in [2.45, 2.75) is 56.8 Å². The number of nitrogens with zero attached hydrogens (tertiary/aromatic N) is 1. The molecule has 1 aromatic heterocycles. The molecule has 0 unspecified atom stereocenters. The maximum Gasteiger partial charge on any atom is 0.186 e. The first-order chi connectivity index (χ1) is 17.3. The van der Waals surface area contributed by atoms with Crippen molar-refractivity contribution < 1.29 is 9.53 Å². The number of ketones is 1. The van der Waals surface area contributed by atoms with Crippen LogP contribution >= 0.6 is 11.3 Å². The Bertz CT molecular complexity index is 1210. The monoisotopic (exact) mass is 483 g/mol. The summed E-state index contributed by atoms with van der Waals surface area (Å²) in [4.78, 5) is 18.1. The van der Waals surface area contributed by atoms with Crippen molar-refractivity contribution in [1.29, 1.82) is 0 Å². The minimum Gasteiger partial charge on any atom is -0.381 e. The van der Waals surface area contributed by atoms with Gasteiger partial charge in [-0.05, 0) is 78.5 Å². The molecule has 0 amide bonds. The van der Waals surface area contributed by atoms with Gasteiger partial charge in [0.2, 0.25) is 0 Å². The summed E-state index contributed by atoms with van der Waals surface area (Å²) in [5, 5.41) is 2.96. The van der Waals surface area contributed by atoms with E-state index in [-0.39, 0.29) is 11.7 Å². The van der Waals surface area contributed by atoms with E-state index >= 15 is 0 Å². The van der Waals surface area contributed by atoms with Crippen LogP contribution in [0.3, 0.4) is 0 Å². The molecule has 3 aromatic rings. The second kappa shape index (κ2) is 10.2. The van der Waals surface area contributed by atoms with E-state index in [9.17, 15) is 4.79 Å². The molecule has 2 heterocycles. The molecule has 6 rings (SSSR count). The van der Waals surface area contributed by atoms with E-state index < -0.39 is 0 Å². The minimum atomic E-state index is 0.131. The van der Waals surface area contributed by atoms with Crippen LogP contribution in [0.1, 0.15) is 88.1 Å². The smallest absolute Gasteiger partial charge is 0.186 e. The molecule has 0 N–H and O–H groups in total. The molecule has 35 heavy (non-hydrogen) atoms. The fourth-order valence-corrected chi connectivity index (χ4v) is 7.39. The average molecular weight is 484 g/mol. The van der Waals surface area contributed by atoms with Crippen molar-refractivity contribution >= 4 is 23.2 Å². The molecule has 4 heteroatoms. The van der Waals surface area contributed by atoms with Gasteiger partial charge in [0.25, 0.3) is 0 Å². The van der Waals surface area contributed by atoms with Crippen molar-refractivity contribution in [1.82, 2.24) is 4.98 Å². The number of carbonyl (C=O) groups excluding carboxylic acids is 1. The molecule has 0 radical (unpaired) electrons. The van der Waals surface area contributed by atoms with Gasteiger partial charge >= 0.3 is 0 Å². The summed E-state index contributed by atoms with van der Waals surface area (Å²) in [6.45, 7) is 1.88. The van der Waals surface area contributed by atoms with Crippen molar-refractivity contribution in [2.75, 3.05) is 13.2 Å². The van der Waals surface area contributed by atoms with E-state index in [1.165, 1.54) is 60.8 Å². The van der Waals surface area contributed by atoms with Gasteiger partial charge in [-0.3, -0.25) is 4.79 Å². The lowest BCUT2D eigenvalue weighted by Crippen LogP contribution is -2.26. The predicted octanol–water partition coefficient (Wildman–Crippen LogP) is 7.43. The van der Waals surface area contributed by atoms with Gasteiger partial charge in [-0.1, -0.05) is 60.7 Å². The van der Waals surface area contributed by atoms with E-state index in [1.807, 2.05) is 5.38 Å².